The third-order valence-corrected chi connectivity index (χ3v) is 5.03. The highest BCUT2D eigenvalue weighted by atomic mass is 19.1. The maximum Gasteiger partial charge on any atom is 0.257 e. The lowest BCUT2D eigenvalue weighted by molar-refractivity contribution is 0.157. The Bertz CT molecular complexity index is 776. The number of hydrogen-bond donors (Lipinski definition) is 0. The van der Waals surface area contributed by atoms with Crippen molar-refractivity contribution in [3.63, 3.8) is 0 Å². The van der Waals surface area contributed by atoms with Gasteiger partial charge in [0.2, 0.25) is 0 Å². The molecule has 4 rings (SSSR count). The van der Waals surface area contributed by atoms with Gasteiger partial charge in [0.1, 0.15) is 19.0 Å². The van der Waals surface area contributed by atoms with Crippen molar-refractivity contribution in [3.05, 3.63) is 41.6 Å². The van der Waals surface area contributed by atoms with Crippen molar-refractivity contribution in [2.45, 2.75) is 19.9 Å². The van der Waals surface area contributed by atoms with E-state index in [1.165, 1.54) is 6.07 Å². The van der Waals surface area contributed by atoms with E-state index in [4.69, 9.17) is 9.47 Å². The monoisotopic (exact) mass is 358 g/mol. The zero-order valence-electron chi connectivity index (χ0n) is 15.1. The Labute approximate surface area is 152 Å². The number of aryl methyl sites for hydroxylation is 1. The van der Waals surface area contributed by atoms with E-state index < -0.39 is 0 Å². The minimum Gasteiger partial charge on any atom is -0.484 e. The fourth-order valence-electron chi connectivity index (χ4n) is 3.45. The minimum atomic E-state index is -0.341. The largest absolute Gasteiger partial charge is 0.484 e. The molecule has 0 spiro atoms. The standard InChI is InChI=1S/C19H23FN4O2/c1-13-3-4-15(12-21-13)24-7-5-23(6-8-24)14(2)18-16(20)11-17-19(22-18)26-10-9-25-17/h3-4,11-12,14H,5-10H2,1-2H3. The van der Waals surface area contributed by atoms with E-state index in [0.29, 0.717) is 30.5 Å². The summed E-state index contributed by atoms with van der Waals surface area (Å²) in [6.45, 7) is 8.28. The van der Waals surface area contributed by atoms with Gasteiger partial charge in [0.05, 0.1) is 23.6 Å². The molecule has 26 heavy (non-hydrogen) atoms. The van der Waals surface area contributed by atoms with Gasteiger partial charge in [-0.3, -0.25) is 9.88 Å². The van der Waals surface area contributed by atoms with Crippen molar-refractivity contribution >= 4 is 5.69 Å². The van der Waals surface area contributed by atoms with Crippen LogP contribution in [0.1, 0.15) is 24.4 Å². The summed E-state index contributed by atoms with van der Waals surface area (Å²) in [6, 6.07) is 5.40. The van der Waals surface area contributed by atoms with Crippen molar-refractivity contribution in [3.8, 4) is 11.6 Å². The molecule has 6 nitrogen and oxygen atoms in total. The summed E-state index contributed by atoms with van der Waals surface area (Å²) in [5.41, 5.74) is 2.56. The summed E-state index contributed by atoms with van der Waals surface area (Å²) in [5.74, 6) is 0.442. The van der Waals surface area contributed by atoms with Crippen LogP contribution in [0.15, 0.2) is 24.4 Å². The van der Waals surface area contributed by atoms with E-state index in [1.54, 1.807) is 0 Å². The molecular formula is C19H23FN4O2. The first-order valence-electron chi connectivity index (χ1n) is 8.99. The Balaban J connectivity index is 1.45. The molecule has 1 atom stereocenters. The highest BCUT2D eigenvalue weighted by molar-refractivity contribution is 5.45. The van der Waals surface area contributed by atoms with Crippen LogP contribution in [0.3, 0.4) is 0 Å². The predicted octanol–water partition coefficient (Wildman–Crippen LogP) is 2.58. The van der Waals surface area contributed by atoms with Crippen LogP contribution in [0.25, 0.3) is 0 Å². The van der Waals surface area contributed by atoms with Gasteiger partial charge in [-0.05, 0) is 26.0 Å². The molecule has 1 unspecified atom stereocenters. The lowest BCUT2D eigenvalue weighted by atomic mass is 10.1. The summed E-state index contributed by atoms with van der Waals surface area (Å²) in [5, 5.41) is 0. The number of rotatable bonds is 3. The van der Waals surface area contributed by atoms with Gasteiger partial charge in [-0.25, -0.2) is 9.37 Å². The van der Waals surface area contributed by atoms with E-state index in [0.717, 1.165) is 37.6 Å². The van der Waals surface area contributed by atoms with E-state index in [1.807, 2.05) is 26.1 Å². The lowest BCUT2D eigenvalue weighted by Gasteiger charge is -2.39. The third-order valence-electron chi connectivity index (χ3n) is 5.03. The lowest BCUT2D eigenvalue weighted by Crippen LogP contribution is -2.47. The molecule has 2 aromatic heterocycles. The van der Waals surface area contributed by atoms with Crippen molar-refractivity contribution < 1.29 is 13.9 Å². The van der Waals surface area contributed by atoms with E-state index in [-0.39, 0.29) is 11.9 Å². The maximum atomic E-state index is 14.5. The molecule has 4 heterocycles. The molecule has 0 aromatic carbocycles. The van der Waals surface area contributed by atoms with Crippen LogP contribution in [-0.4, -0.2) is 54.3 Å². The van der Waals surface area contributed by atoms with Gasteiger partial charge in [0.25, 0.3) is 5.88 Å². The van der Waals surface area contributed by atoms with Crippen LogP contribution < -0.4 is 14.4 Å². The Morgan fingerprint density at radius 1 is 1.12 bits per heavy atom. The number of hydrogen-bond acceptors (Lipinski definition) is 6. The Morgan fingerprint density at radius 3 is 2.62 bits per heavy atom. The minimum absolute atomic E-state index is 0.121. The molecule has 0 bridgehead atoms. The molecule has 2 aromatic rings. The van der Waals surface area contributed by atoms with Gasteiger partial charge in [-0.15, -0.1) is 0 Å². The smallest absolute Gasteiger partial charge is 0.257 e. The molecule has 7 heteroatoms. The van der Waals surface area contributed by atoms with E-state index >= 15 is 0 Å². The van der Waals surface area contributed by atoms with E-state index in [9.17, 15) is 4.39 Å². The second kappa shape index (κ2) is 7.07. The Morgan fingerprint density at radius 2 is 1.88 bits per heavy atom. The number of ether oxygens (including phenoxy) is 2. The van der Waals surface area contributed by atoms with Crippen molar-refractivity contribution in [2.75, 3.05) is 44.3 Å². The summed E-state index contributed by atoms with van der Waals surface area (Å²) < 4.78 is 25.4. The molecule has 138 valence electrons. The second-order valence-electron chi connectivity index (χ2n) is 6.71. The van der Waals surface area contributed by atoms with Crippen LogP contribution in [0, 0.1) is 12.7 Å². The summed E-state index contributed by atoms with van der Waals surface area (Å²) in [7, 11) is 0. The summed E-state index contributed by atoms with van der Waals surface area (Å²) in [4.78, 5) is 13.3. The van der Waals surface area contributed by atoms with Crippen molar-refractivity contribution in [2.24, 2.45) is 0 Å². The highest BCUT2D eigenvalue weighted by Crippen LogP contribution is 2.33. The van der Waals surface area contributed by atoms with Crippen LogP contribution in [-0.2, 0) is 0 Å². The molecule has 0 radical (unpaired) electrons. The Hall–Kier alpha value is -2.41. The summed E-state index contributed by atoms with van der Waals surface area (Å²) in [6.07, 6.45) is 1.91. The molecule has 0 saturated carbocycles. The van der Waals surface area contributed by atoms with Crippen LogP contribution in [0.5, 0.6) is 11.6 Å². The average Bonchev–Trinajstić information content (AvgIpc) is 2.68. The number of pyridine rings is 2. The van der Waals surface area contributed by atoms with Crippen LogP contribution in [0.2, 0.25) is 0 Å². The number of fused-ring (bicyclic) bond motifs is 1. The normalized spacial score (nSPS) is 18.7. The van der Waals surface area contributed by atoms with Gasteiger partial charge < -0.3 is 14.4 Å². The van der Waals surface area contributed by atoms with Crippen molar-refractivity contribution in [1.82, 2.24) is 14.9 Å². The number of halogens is 1. The molecule has 2 aliphatic rings. The van der Waals surface area contributed by atoms with Crippen molar-refractivity contribution in [1.29, 1.82) is 0 Å². The zero-order valence-corrected chi connectivity index (χ0v) is 15.1. The predicted molar refractivity (Wildman–Crippen MR) is 96.4 cm³/mol. The fraction of sp³-hybridized carbons (Fsp3) is 0.474. The number of nitrogens with zero attached hydrogens (tertiary/aromatic N) is 4. The maximum absolute atomic E-state index is 14.5. The zero-order chi connectivity index (χ0) is 18.1. The number of aromatic nitrogens is 2. The third kappa shape index (κ3) is 3.31. The van der Waals surface area contributed by atoms with E-state index in [2.05, 4.69) is 25.8 Å². The van der Waals surface area contributed by atoms with Gasteiger partial charge >= 0.3 is 0 Å². The average molecular weight is 358 g/mol. The second-order valence-corrected chi connectivity index (χ2v) is 6.71. The van der Waals surface area contributed by atoms with Crippen LogP contribution in [0.4, 0.5) is 10.1 Å². The SMILES string of the molecule is Cc1ccc(N2CCN(C(C)c3nc4c(cc3F)OCCO4)CC2)cn1. The molecule has 0 N–H and O–H groups in total. The molecule has 0 aliphatic carbocycles. The quantitative estimate of drug-likeness (QED) is 0.841. The van der Waals surface area contributed by atoms with Gasteiger partial charge in [-0.1, -0.05) is 0 Å². The first-order valence-corrected chi connectivity index (χ1v) is 8.99. The fourth-order valence-corrected chi connectivity index (χ4v) is 3.45. The topological polar surface area (TPSA) is 50.7 Å². The van der Waals surface area contributed by atoms with Crippen LogP contribution >= 0.6 is 0 Å². The first-order chi connectivity index (χ1) is 12.6. The molecule has 1 saturated heterocycles. The summed E-state index contributed by atoms with van der Waals surface area (Å²) >= 11 is 0. The number of anilines is 1. The molecule has 1 fully saturated rings. The molecule has 0 amide bonds. The molecule has 2 aliphatic heterocycles. The molecular weight excluding hydrogens is 335 g/mol. The van der Waals surface area contributed by atoms with Gasteiger partial charge in [0, 0.05) is 37.9 Å². The van der Waals surface area contributed by atoms with Gasteiger partial charge in [0.15, 0.2) is 5.75 Å². The Kier molecular flexibility index (Phi) is 4.63. The first kappa shape index (κ1) is 17.0. The van der Waals surface area contributed by atoms with Gasteiger partial charge in [-0.2, -0.15) is 0 Å². The highest BCUT2D eigenvalue weighted by Gasteiger charge is 2.27. The number of piperazine rings is 1.